The lowest BCUT2D eigenvalue weighted by Crippen LogP contribution is -2.45. The van der Waals surface area contributed by atoms with Crippen molar-refractivity contribution in [3.8, 4) is 0 Å². The molecule has 0 bridgehead atoms. The Hall–Kier alpha value is -1.39. The molecule has 0 aromatic carbocycles. The molecule has 0 aromatic heterocycles. The summed E-state index contributed by atoms with van der Waals surface area (Å²) in [6.07, 6.45) is 66.2. The van der Waals surface area contributed by atoms with Crippen molar-refractivity contribution < 1.29 is 15.0 Å². The highest BCUT2D eigenvalue weighted by Crippen LogP contribution is 2.17. The number of carbonyl (C=O) groups is 1. The molecular weight excluding hydrogens is 699 g/mol. The standard InChI is InChI=1S/C53H101NO3/c1-3-5-7-9-11-13-14-15-16-17-18-19-20-21-22-23-24-25-26-27-28-29-30-31-32-33-34-35-36-37-38-39-40-41-43-45-47-49-53(57)54-51(50-55)52(56)48-46-44-42-12-10-8-6-4-2/h10,12,17-18,46,48,51-52,55-56H,3-9,11,13-16,19-45,47,49-50H2,1-2H3,(H,54,57)/b12-10+,18-17-,48-46+. The van der Waals surface area contributed by atoms with E-state index in [2.05, 4.69) is 43.5 Å². The van der Waals surface area contributed by atoms with Crippen LogP contribution in [0.25, 0.3) is 0 Å². The van der Waals surface area contributed by atoms with E-state index >= 15 is 0 Å². The molecule has 0 aromatic rings. The van der Waals surface area contributed by atoms with E-state index in [0.717, 1.165) is 32.1 Å². The molecule has 0 aliphatic rings. The largest absolute Gasteiger partial charge is 0.394 e. The first-order valence-corrected chi connectivity index (χ1v) is 25.7. The Morgan fingerprint density at radius 1 is 0.404 bits per heavy atom. The number of aliphatic hydroxyl groups is 2. The van der Waals surface area contributed by atoms with E-state index in [4.69, 9.17) is 0 Å². The van der Waals surface area contributed by atoms with Crippen molar-refractivity contribution in [2.24, 2.45) is 0 Å². The zero-order valence-corrected chi connectivity index (χ0v) is 38.6. The third-order valence-electron chi connectivity index (χ3n) is 11.8. The van der Waals surface area contributed by atoms with E-state index in [1.165, 1.54) is 225 Å². The van der Waals surface area contributed by atoms with Gasteiger partial charge in [-0.05, 0) is 51.4 Å². The number of nitrogens with one attached hydrogen (secondary N) is 1. The molecule has 0 radical (unpaired) electrons. The van der Waals surface area contributed by atoms with Gasteiger partial charge in [-0.1, -0.05) is 256 Å². The van der Waals surface area contributed by atoms with Crippen molar-refractivity contribution in [2.45, 2.75) is 289 Å². The van der Waals surface area contributed by atoms with Crippen LogP contribution >= 0.6 is 0 Å². The summed E-state index contributed by atoms with van der Waals surface area (Å²) in [6, 6.07) is -0.634. The molecule has 0 spiro atoms. The molecule has 3 N–H and O–H groups in total. The number of allylic oxidation sites excluding steroid dienone is 5. The van der Waals surface area contributed by atoms with Crippen LogP contribution in [0.5, 0.6) is 0 Å². The van der Waals surface area contributed by atoms with Gasteiger partial charge < -0.3 is 15.5 Å². The zero-order valence-electron chi connectivity index (χ0n) is 38.6. The van der Waals surface area contributed by atoms with E-state index in [1.807, 2.05) is 6.08 Å². The summed E-state index contributed by atoms with van der Waals surface area (Å²) in [5.74, 6) is -0.0737. The van der Waals surface area contributed by atoms with Crippen molar-refractivity contribution in [2.75, 3.05) is 6.61 Å². The first-order chi connectivity index (χ1) is 28.2. The van der Waals surface area contributed by atoms with E-state index in [-0.39, 0.29) is 12.5 Å². The quantitative estimate of drug-likeness (QED) is 0.0424. The van der Waals surface area contributed by atoms with Crippen LogP contribution in [0, 0.1) is 0 Å². The van der Waals surface area contributed by atoms with E-state index in [9.17, 15) is 15.0 Å². The van der Waals surface area contributed by atoms with Gasteiger partial charge in [-0.25, -0.2) is 0 Å². The molecule has 4 heteroatoms. The molecule has 2 atom stereocenters. The van der Waals surface area contributed by atoms with Crippen molar-refractivity contribution in [3.05, 3.63) is 36.5 Å². The smallest absolute Gasteiger partial charge is 0.220 e. The molecule has 1 amide bonds. The highest BCUT2D eigenvalue weighted by atomic mass is 16.3. The predicted molar refractivity (Wildman–Crippen MR) is 253 cm³/mol. The monoisotopic (exact) mass is 800 g/mol. The van der Waals surface area contributed by atoms with Crippen LogP contribution in [0.3, 0.4) is 0 Å². The number of hydrogen-bond donors (Lipinski definition) is 3. The van der Waals surface area contributed by atoms with Gasteiger partial charge in [0, 0.05) is 6.42 Å². The summed E-state index contributed by atoms with van der Waals surface area (Å²) in [7, 11) is 0. The Morgan fingerprint density at radius 2 is 0.702 bits per heavy atom. The Bertz CT molecular complexity index is 866. The highest BCUT2D eigenvalue weighted by molar-refractivity contribution is 5.76. The van der Waals surface area contributed by atoms with E-state index in [1.54, 1.807) is 6.08 Å². The van der Waals surface area contributed by atoms with Gasteiger partial charge in [0.05, 0.1) is 18.8 Å². The normalized spacial score (nSPS) is 13.1. The van der Waals surface area contributed by atoms with Crippen LogP contribution < -0.4 is 5.32 Å². The summed E-state index contributed by atoms with van der Waals surface area (Å²) < 4.78 is 0. The van der Waals surface area contributed by atoms with Gasteiger partial charge >= 0.3 is 0 Å². The van der Waals surface area contributed by atoms with Gasteiger partial charge in [-0.2, -0.15) is 0 Å². The minimum atomic E-state index is -0.857. The Morgan fingerprint density at radius 3 is 1.07 bits per heavy atom. The number of amides is 1. The van der Waals surface area contributed by atoms with Gasteiger partial charge in [0.1, 0.15) is 0 Å². The topological polar surface area (TPSA) is 69.6 Å². The molecule has 0 rings (SSSR count). The van der Waals surface area contributed by atoms with Gasteiger partial charge in [-0.15, -0.1) is 0 Å². The second-order valence-electron chi connectivity index (χ2n) is 17.6. The molecule has 2 unspecified atom stereocenters. The molecule has 57 heavy (non-hydrogen) atoms. The van der Waals surface area contributed by atoms with Crippen LogP contribution in [0.2, 0.25) is 0 Å². The fourth-order valence-corrected chi connectivity index (χ4v) is 7.88. The van der Waals surface area contributed by atoms with Gasteiger partial charge in [0.15, 0.2) is 0 Å². The first kappa shape index (κ1) is 55.6. The number of unbranched alkanes of at least 4 members (excludes halogenated alkanes) is 36. The molecule has 0 saturated heterocycles. The fourth-order valence-electron chi connectivity index (χ4n) is 7.88. The first-order valence-electron chi connectivity index (χ1n) is 25.7. The zero-order chi connectivity index (χ0) is 41.4. The van der Waals surface area contributed by atoms with E-state index in [0.29, 0.717) is 6.42 Å². The summed E-state index contributed by atoms with van der Waals surface area (Å²) in [4.78, 5) is 12.3. The molecule has 0 aliphatic carbocycles. The van der Waals surface area contributed by atoms with Crippen LogP contribution in [0.15, 0.2) is 36.5 Å². The third kappa shape index (κ3) is 45.5. The Kier molecular flexibility index (Phi) is 47.8. The van der Waals surface area contributed by atoms with Crippen molar-refractivity contribution >= 4 is 5.91 Å². The van der Waals surface area contributed by atoms with Crippen LogP contribution in [0.1, 0.15) is 277 Å². The lowest BCUT2D eigenvalue weighted by Gasteiger charge is -2.19. The molecular formula is C53H101NO3. The molecule has 0 heterocycles. The minimum absolute atomic E-state index is 0.0737. The highest BCUT2D eigenvalue weighted by Gasteiger charge is 2.17. The van der Waals surface area contributed by atoms with Crippen molar-refractivity contribution in [1.82, 2.24) is 5.32 Å². The van der Waals surface area contributed by atoms with Gasteiger partial charge in [0.2, 0.25) is 5.91 Å². The van der Waals surface area contributed by atoms with Crippen LogP contribution in [-0.2, 0) is 4.79 Å². The maximum absolute atomic E-state index is 12.3. The Balaban J connectivity index is 3.33. The second kappa shape index (κ2) is 49.0. The fraction of sp³-hybridized carbons (Fsp3) is 0.868. The molecule has 0 saturated carbocycles. The number of rotatable bonds is 47. The summed E-state index contributed by atoms with van der Waals surface area (Å²) in [6.45, 7) is 4.24. The van der Waals surface area contributed by atoms with Crippen molar-refractivity contribution in [3.63, 3.8) is 0 Å². The van der Waals surface area contributed by atoms with Crippen molar-refractivity contribution in [1.29, 1.82) is 0 Å². The summed E-state index contributed by atoms with van der Waals surface area (Å²) in [5.41, 5.74) is 0. The lowest BCUT2D eigenvalue weighted by atomic mass is 10.0. The second-order valence-corrected chi connectivity index (χ2v) is 17.6. The third-order valence-corrected chi connectivity index (χ3v) is 11.8. The molecule has 0 fully saturated rings. The average molecular weight is 800 g/mol. The lowest BCUT2D eigenvalue weighted by molar-refractivity contribution is -0.123. The SMILES string of the molecule is CCCC/C=C/CC/C=C/C(O)C(CO)NC(=O)CCCCCCCCCCCCCCCCCCCCCCCCCCC/C=C\CCCCCCCCCC. The van der Waals surface area contributed by atoms with E-state index < -0.39 is 12.1 Å². The number of carbonyl (C=O) groups excluding carboxylic acids is 1. The summed E-state index contributed by atoms with van der Waals surface area (Å²) in [5, 5.41) is 22.8. The minimum Gasteiger partial charge on any atom is -0.394 e. The van der Waals surface area contributed by atoms with Crippen LogP contribution in [-0.4, -0.2) is 34.9 Å². The maximum atomic E-state index is 12.3. The predicted octanol–water partition coefficient (Wildman–Crippen LogP) is 16.5. The number of hydrogen-bond acceptors (Lipinski definition) is 3. The summed E-state index contributed by atoms with van der Waals surface area (Å²) >= 11 is 0. The van der Waals surface area contributed by atoms with Crippen LogP contribution in [0.4, 0.5) is 0 Å². The molecule has 336 valence electrons. The van der Waals surface area contributed by atoms with Gasteiger partial charge in [-0.3, -0.25) is 4.79 Å². The van der Waals surface area contributed by atoms with Gasteiger partial charge in [0.25, 0.3) is 0 Å². The number of aliphatic hydroxyl groups excluding tert-OH is 2. The Labute approximate surface area is 357 Å². The maximum Gasteiger partial charge on any atom is 0.220 e. The average Bonchev–Trinajstić information content (AvgIpc) is 3.22. The molecule has 4 nitrogen and oxygen atoms in total. The molecule has 0 aliphatic heterocycles.